The molecule has 0 spiro atoms. The molecule has 0 aliphatic carbocycles. The fourth-order valence-corrected chi connectivity index (χ4v) is 4.45. The zero-order chi connectivity index (χ0) is 23.1. The summed E-state index contributed by atoms with van der Waals surface area (Å²) in [5.74, 6) is 0.928. The molecule has 6 nitrogen and oxygen atoms in total. The van der Waals surface area contributed by atoms with Gasteiger partial charge in [0, 0.05) is 12.6 Å². The third-order valence-corrected chi connectivity index (χ3v) is 6.88. The first kappa shape index (κ1) is 23.3. The van der Waals surface area contributed by atoms with Crippen molar-refractivity contribution in [3.05, 3.63) is 90.0 Å². The number of carbonyl (C=O) groups is 1. The molecule has 7 heteroatoms. The van der Waals surface area contributed by atoms with E-state index < -0.39 is 10.0 Å². The summed E-state index contributed by atoms with van der Waals surface area (Å²) in [6.45, 7) is 4.92. The minimum Gasteiger partial charge on any atom is -0.491 e. The van der Waals surface area contributed by atoms with E-state index >= 15 is 0 Å². The van der Waals surface area contributed by atoms with Crippen molar-refractivity contribution in [2.75, 3.05) is 24.5 Å². The van der Waals surface area contributed by atoms with Crippen LogP contribution in [0.1, 0.15) is 35.7 Å². The van der Waals surface area contributed by atoms with Crippen molar-refractivity contribution in [1.82, 2.24) is 5.32 Å². The molecule has 32 heavy (non-hydrogen) atoms. The molecule has 0 aliphatic heterocycles. The number of para-hydroxylation sites is 1. The molecule has 0 radical (unpaired) electrons. The average molecular weight is 453 g/mol. The quantitative estimate of drug-likeness (QED) is 0.487. The Hall–Kier alpha value is -3.32. The maximum absolute atomic E-state index is 12.7. The highest BCUT2D eigenvalue weighted by Crippen LogP contribution is 2.25. The lowest BCUT2D eigenvalue weighted by atomic mass is 10.0. The Bertz CT molecular complexity index is 1140. The first-order chi connectivity index (χ1) is 15.3. The predicted octanol–water partition coefficient (Wildman–Crippen LogP) is 4.44. The Morgan fingerprint density at radius 2 is 1.56 bits per heavy atom. The molecule has 1 N–H and O–H groups in total. The van der Waals surface area contributed by atoms with Gasteiger partial charge in [-0.15, -0.1) is 0 Å². The Labute approximate surface area is 189 Å². The number of rotatable bonds is 9. The predicted molar refractivity (Wildman–Crippen MR) is 127 cm³/mol. The van der Waals surface area contributed by atoms with Crippen LogP contribution in [-0.2, 0) is 10.0 Å². The van der Waals surface area contributed by atoms with Crippen LogP contribution in [0, 0.1) is 0 Å². The molecule has 0 fully saturated rings. The fraction of sp³-hybridized carbons (Fsp3) is 0.240. The Morgan fingerprint density at radius 3 is 2.22 bits per heavy atom. The Kier molecular flexibility index (Phi) is 7.53. The molecule has 1 amide bonds. The van der Waals surface area contributed by atoms with Gasteiger partial charge in [0.15, 0.2) is 0 Å². The Balaban J connectivity index is 1.56. The molecule has 0 saturated carbocycles. The van der Waals surface area contributed by atoms with Gasteiger partial charge in [0.1, 0.15) is 12.4 Å². The second kappa shape index (κ2) is 10.3. The molecule has 0 aromatic heterocycles. The van der Waals surface area contributed by atoms with E-state index in [1.807, 2.05) is 24.3 Å². The van der Waals surface area contributed by atoms with Crippen molar-refractivity contribution in [2.45, 2.75) is 24.7 Å². The van der Waals surface area contributed by atoms with Crippen LogP contribution in [0.5, 0.6) is 5.75 Å². The van der Waals surface area contributed by atoms with Crippen LogP contribution in [0.3, 0.4) is 0 Å². The number of nitrogens with one attached hydrogen (secondary N) is 1. The number of nitrogens with zero attached hydrogens (tertiary/aromatic N) is 1. The topological polar surface area (TPSA) is 75.7 Å². The first-order valence-electron chi connectivity index (χ1n) is 10.4. The van der Waals surface area contributed by atoms with E-state index in [1.165, 1.54) is 11.4 Å². The summed E-state index contributed by atoms with van der Waals surface area (Å²) < 4.78 is 32.5. The van der Waals surface area contributed by atoms with E-state index in [2.05, 4.69) is 19.2 Å². The van der Waals surface area contributed by atoms with Crippen molar-refractivity contribution in [1.29, 1.82) is 0 Å². The van der Waals surface area contributed by atoms with Gasteiger partial charge in [-0.25, -0.2) is 8.42 Å². The zero-order valence-corrected chi connectivity index (χ0v) is 19.3. The normalized spacial score (nSPS) is 11.2. The minimum atomic E-state index is -3.66. The van der Waals surface area contributed by atoms with E-state index in [4.69, 9.17) is 4.74 Å². The molecule has 168 valence electrons. The summed E-state index contributed by atoms with van der Waals surface area (Å²) in [4.78, 5) is 12.6. The smallest absolute Gasteiger partial charge is 0.264 e. The number of hydrogen-bond acceptors (Lipinski definition) is 4. The number of hydrogen-bond donors (Lipinski definition) is 1. The lowest BCUT2D eigenvalue weighted by Crippen LogP contribution is -2.28. The van der Waals surface area contributed by atoms with Crippen molar-refractivity contribution in [2.24, 2.45) is 0 Å². The standard InChI is InChI=1S/C25H28N2O4S/c1-19(2)23-11-7-8-12-24(23)31-18-17-26-25(28)20-13-15-21(16-14-20)27(3)32(29,30)22-9-5-4-6-10-22/h4-16,19H,17-18H2,1-3H3,(H,26,28). The molecule has 0 saturated heterocycles. The second-order valence-electron chi connectivity index (χ2n) is 7.63. The number of amides is 1. The molecule has 0 heterocycles. The van der Waals surface area contributed by atoms with Gasteiger partial charge >= 0.3 is 0 Å². The molecule has 0 aliphatic rings. The SMILES string of the molecule is CC(C)c1ccccc1OCCNC(=O)c1ccc(N(C)S(=O)(=O)c2ccccc2)cc1. The van der Waals surface area contributed by atoms with Gasteiger partial charge in [0.2, 0.25) is 0 Å². The highest BCUT2D eigenvalue weighted by Gasteiger charge is 2.21. The maximum Gasteiger partial charge on any atom is 0.264 e. The van der Waals surface area contributed by atoms with Gasteiger partial charge in [-0.3, -0.25) is 9.10 Å². The summed E-state index contributed by atoms with van der Waals surface area (Å²) in [7, 11) is -2.17. The summed E-state index contributed by atoms with van der Waals surface area (Å²) in [6.07, 6.45) is 0. The molecule has 3 aromatic rings. The van der Waals surface area contributed by atoms with Gasteiger partial charge in [0.25, 0.3) is 15.9 Å². The van der Waals surface area contributed by atoms with E-state index in [9.17, 15) is 13.2 Å². The van der Waals surface area contributed by atoms with Crippen LogP contribution in [0.2, 0.25) is 0 Å². The van der Waals surface area contributed by atoms with Crippen LogP contribution >= 0.6 is 0 Å². The molecular weight excluding hydrogens is 424 g/mol. The van der Waals surface area contributed by atoms with E-state index in [0.717, 1.165) is 11.3 Å². The van der Waals surface area contributed by atoms with E-state index in [-0.39, 0.29) is 10.8 Å². The van der Waals surface area contributed by atoms with Crippen molar-refractivity contribution in [3.63, 3.8) is 0 Å². The van der Waals surface area contributed by atoms with Crippen LogP contribution in [0.4, 0.5) is 5.69 Å². The Morgan fingerprint density at radius 1 is 0.938 bits per heavy atom. The largest absolute Gasteiger partial charge is 0.491 e. The number of sulfonamides is 1. The van der Waals surface area contributed by atoms with Gasteiger partial charge < -0.3 is 10.1 Å². The number of benzene rings is 3. The lowest BCUT2D eigenvalue weighted by Gasteiger charge is -2.19. The minimum absolute atomic E-state index is 0.211. The first-order valence-corrected chi connectivity index (χ1v) is 11.9. The molecular formula is C25H28N2O4S. The van der Waals surface area contributed by atoms with Gasteiger partial charge in [0.05, 0.1) is 17.1 Å². The van der Waals surface area contributed by atoms with Gasteiger partial charge in [-0.1, -0.05) is 50.2 Å². The molecule has 3 rings (SSSR count). The van der Waals surface area contributed by atoms with Crippen molar-refractivity contribution in [3.8, 4) is 5.75 Å². The summed E-state index contributed by atoms with van der Waals surface area (Å²) in [5, 5.41) is 2.83. The fourth-order valence-electron chi connectivity index (χ4n) is 3.23. The number of anilines is 1. The third kappa shape index (κ3) is 5.48. The van der Waals surface area contributed by atoms with Crippen molar-refractivity contribution >= 4 is 21.6 Å². The zero-order valence-electron chi connectivity index (χ0n) is 18.5. The van der Waals surface area contributed by atoms with Crippen molar-refractivity contribution < 1.29 is 17.9 Å². The molecule has 0 bridgehead atoms. The summed E-state index contributed by atoms with van der Waals surface area (Å²) in [5.41, 5.74) is 2.05. The van der Waals surface area contributed by atoms with Crippen LogP contribution in [0.25, 0.3) is 0 Å². The highest BCUT2D eigenvalue weighted by molar-refractivity contribution is 7.92. The second-order valence-corrected chi connectivity index (χ2v) is 9.60. The monoisotopic (exact) mass is 452 g/mol. The van der Waals surface area contributed by atoms with Crippen LogP contribution in [-0.4, -0.2) is 34.5 Å². The highest BCUT2D eigenvalue weighted by atomic mass is 32.2. The van der Waals surface area contributed by atoms with Gasteiger partial charge in [-0.05, 0) is 53.9 Å². The number of carbonyl (C=O) groups excluding carboxylic acids is 1. The molecule has 0 atom stereocenters. The molecule has 0 unspecified atom stereocenters. The summed E-state index contributed by atoms with van der Waals surface area (Å²) in [6, 6.07) is 22.5. The average Bonchev–Trinajstić information content (AvgIpc) is 2.82. The van der Waals surface area contributed by atoms with Gasteiger partial charge in [-0.2, -0.15) is 0 Å². The lowest BCUT2D eigenvalue weighted by molar-refractivity contribution is 0.0947. The maximum atomic E-state index is 12.7. The van der Waals surface area contributed by atoms with E-state index in [0.29, 0.717) is 30.3 Å². The number of ether oxygens (including phenoxy) is 1. The third-order valence-electron chi connectivity index (χ3n) is 5.08. The summed E-state index contributed by atoms with van der Waals surface area (Å²) >= 11 is 0. The van der Waals surface area contributed by atoms with Crippen LogP contribution < -0.4 is 14.4 Å². The molecule has 3 aromatic carbocycles. The van der Waals surface area contributed by atoms with Crippen LogP contribution in [0.15, 0.2) is 83.8 Å². The van der Waals surface area contributed by atoms with E-state index in [1.54, 1.807) is 54.6 Å².